The smallest absolute Gasteiger partial charge is 0.248 e. The van der Waals surface area contributed by atoms with Crippen LogP contribution < -0.4 is 21.7 Å². The fourth-order valence-corrected chi connectivity index (χ4v) is 2.60. The third kappa shape index (κ3) is 7.11. The van der Waals surface area contributed by atoms with Gasteiger partial charge in [0.25, 0.3) is 0 Å². The van der Waals surface area contributed by atoms with Crippen LogP contribution in [-0.4, -0.2) is 24.3 Å². The number of hydrogen-bond acceptors (Lipinski definition) is 4. The highest BCUT2D eigenvalue weighted by Gasteiger charge is 2.06. The standard InChI is InChI=1S/C21H26N4O3/c1-2-3-4-11-19(26)24-17-9-6-10-18(13-17)25-20(27)14-23-16-8-5-7-15(12-16)21(22)28/h5-10,12-13,23H,2-4,11,14H2,1H3,(H2,22,28)(H,24,26)(H,25,27). The number of carbonyl (C=O) groups is 3. The summed E-state index contributed by atoms with van der Waals surface area (Å²) >= 11 is 0. The Morgan fingerprint density at radius 2 is 1.50 bits per heavy atom. The lowest BCUT2D eigenvalue weighted by Gasteiger charge is -2.10. The first-order valence-electron chi connectivity index (χ1n) is 9.31. The van der Waals surface area contributed by atoms with Crippen molar-refractivity contribution < 1.29 is 14.4 Å². The molecule has 7 heteroatoms. The largest absolute Gasteiger partial charge is 0.376 e. The van der Waals surface area contributed by atoms with Crippen LogP contribution in [0.15, 0.2) is 48.5 Å². The van der Waals surface area contributed by atoms with Crippen molar-refractivity contribution in [3.63, 3.8) is 0 Å². The first kappa shape index (κ1) is 21.0. The lowest BCUT2D eigenvalue weighted by Crippen LogP contribution is -2.22. The molecule has 2 rings (SSSR count). The molecule has 0 atom stereocenters. The van der Waals surface area contributed by atoms with Crippen molar-refractivity contribution in [3.8, 4) is 0 Å². The van der Waals surface area contributed by atoms with E-state index in [0.29, 0.717) is 29.0 Å². The molecule has 2 aromatic rings. The van der Waals surface area contributed by atoms with Crippen LogP contribution in [0.5, 0.6) is 0 Å². The average Bonchev–Trinajstić information content (AvgIpc) is 2.67. The maximum Gasteiger partial charge on any atom is 0.248 e. The fourth-order valence-electron chi connectivity index (χ4n) is 2.60. The second-order valence-corrected chi connectivity index (χ2v) is 6.43. The minimum Gasteiger partial charge on any atom is -0.376 e. The summed E-state index contributed by atoms with van der Waals surface area (Å²) < 4.78 is 0. The van der Waals surface area contributed by atoms with E-state index >= 15 is 0 Å². The Labute approximate surface area is 164 Å². The van der Waals surface area contributed by atoms with Gasteiger partial charge in [0, 0.05) is 29.0 Å². The Hall–Kier alpha value is -3.35. The Morgan fingerprint density at radius 1 is 0.857 bits per heavy atom. The first-order valence-corrected chi connectivity index (χ1v) is 9.31. The molecule has 0 heterocycles. The molecule has 7 nitrogen and oxygen atoms in total. The SMILES string of the molecule is CCCCCC(=O)Nc1cccc(NC(=O)CNc2cccc(C(N)=O)c2)c1. The second kappa shape index (κ2) is 10.7. The zero-order valence-electron chi connectivity index (χ0n) is 16.0. The molecule has 0 radical (unpaired) electrons. The number of hydrogen-bond donors (Lipinski definition) is 4. The summed E-state index contributed by atoms with van der Waals surface area (Å²) in [7, 11) is 0. The van der Waals surface area contributed by atoms with Crippen molar-refractivity contribution in [1.29, 1.82) is 0 Å². The molecule has 28 heavy (non-hydrogen) atoms. The van der Waals surface area contributed by atoms with Gasteiger partial charge in [0.15, 0.2) is 0 Å². The van der Waals surface area contributed by atoms with Gasteiger partial charge in [-0.05, 0) is 42.8 Å². The minimum absolute atomic E-state index is 0.0236. The van der Waals surface area contributed by atoms with Gasteiger partial charge in [0.1, 0.15) is 0 Å². The third-order valence-electron chi connectivity index (χ3n) is 4.04. The highest BCUT2D eigenvalue weighted by molar-refractivity contribution is 5.96. The summed E-state index contributed by atoms with van der Waals surface area (Å²) in [6, 6.07) is 13.6. The maximum absolute atomic E-state index is 12.2. The fraction of sp³-hybridized carbons (Fsp3) is 0.286. The molecule has 148 valence electrons. The van der Waals surface area contributed by atoms with E-state index in [1.165, 1.54) is 0 Å². The van der Waals surface area contributed by atoms with E-state index in [-0.39, 0.29) is 18.4 Å². The van der Waals surface area contributed by atoms with Gasteiger partial charge in [0.2, 0.25) is 17.7 Å². The molecule has 0 bridgehead atoms. The molecule has 0 fully saturated rings. The molecule has 0 spiro atoms. The second-order valence-electron chi connectivity index (χ2n) is 6.43. The number of primary amides is 1. The number of nitrogens with one attached hydrogen (secondary N) is 3. The van der Waals surface area contributed by atoms with E-state index in [9.17, 15) is 14.4 Å². The molecule has 0 unspecified atom stereocenters. The molecule has 0 aromatic heterocycles. The number of anilines is 3. The van der Waals surface area contributed by atoms with E-state index < -0.39 is 5.91 Å². The summed E-state index contributed by atoms with van der Waals surface area (Å²) in [6.45, 7) is 2.11. The van der Waals surface area contributed by atoms with Crippen LogP contribution in [0, 0.1) is 0 Å². The van der Waals surface area contributed by atoms with Crippen LogP contribution in [0.4, 0.5) is 17.1 Å². The summed E-state index contributed by atoms with van der Waals surface area (Å²) in [6.07, 6.45) is 3.44. The van der Waals surface area contributed by atoms with Crippen LogP contribution >= 0.6 is 0 Å². The predicted octanol–water partition coefficient (Wildman–Crippen LogP) is 3.35. The highest BCUT2D eigenvalue weighted by Crippen LogP contribution is 2.16. The molecular formula is C21H26N4O3. The number of unbranched alkanes of at least 4 members (excludes halogenated alkanes) is 2. The monoisotopic (exact) mass is 382 g/mol. The molecule has 0 aliphatic heterocycles. The van der Waals surface area contributed by atoms with Gasteiger partial charge in [-0.3, -0.25) is 14.4 Å². The molecular weight excluding hydrogens is 356 g/mol. The van der Waals surface area contributed by atoms with Crippen molar-refractivity contribution in [2.24, 2.45) is 5.73 Å². The Bertz CT molecular complexity index is 836. The quantitative estimate of drug-likeness (QED) is 0.472. The van der Waals surface area contributed by atoms with Gasteiger partial charge in [-0.1, -0.05) is 31.9 Å². The van der Waals surface area contributed by atoms with Crippen molar-refractivity contribution in [2.45, 2.75) is 32.6 Å². The summed E-state index contributed by atoms with van der Waals surface area (Å²) in [4.78, 5) is 35.3. The summed E-state index contributed by atoms with van der Waals surface area (Å²) in [5.41, 5.74) is 7.47. The number of benzene rings is 2. The molecule has 5 N–H and O–H groups in total. The predicted molar refractivity (Wildman–Crippen MR) is 111 cm³/mol. The van der Waals surface area contributed by atoms with Gasteiger partial charge in [0.05, 0.1) is 6.54 Å². The molecule has 0 aliphatic carbocycles. The van der Waals surface area contributed by atoms with Gasteiger partial charge >= 0.3 is 0 Å². The summed E-state index contributed by atoms with van der Waals surface area (Å²) in [5, 5.41) is 8.56. The average molecular weight is 382 g/mol. The zero-order chi connectivity index (χ0) is 20.4. The number of rotatable bonds is 10. The van der Waals surface area contributed by atoms with Crippen molar-refractivity contribution in [3.05, 3.63) is 54.1 Å². The van der Waals surface area contributed by atoms with E-state index in [2.05, 4.69) is 22.9 Å². The zero-order valence-corrected chi connectivity index (χ0v) is 16.0. The van der Waals surface area contributed by atoms with Gasteiger partial charge in [-0.25, -0.2) is 0 Å². The Balaban J connectivity index is 1.86. The van der Waals surface area contributed by atoms with Gasteiger partial charge in [-0.15, -0.1) is 0 Å². The molecule has 3 amide bonds. The van der Waals surface area contributed by atoms with Crippen LogP contribution in [0.3, 0.4) is 0 Å². The summed E-state index contributed by atoms with van der Waals surface area (Å²) in [5.74, 6) is -0.814. The van der Waals surface area contributed by atoms with Crippen molar-refractivity contribution in [1.82, 2.24) is 0 Å². The number of carbonyl (C=O) groups excluding carboxylic acids is 3. The normalized spacial score (nSPS) is 10.2. The lowest BCUT2D eigenvalue weighted by atomic mass is 10.2. The van der Waals surface area contributed by atoms with E-state index in [1.807, 2.05) is 0 Å². The first-order chi connectivity index (χ1) is 13.5. The van der Waals surface area contributed by atoms with E-state index in [4.69, 9.17) is 5.73 Å². The Kier molecular flexibility index (Phi) is 8.02. The van der Waals surface area contributed by atoms with Gasteiger partial charge < -0.3 is 21.7 Å². The maximum atomic E-state index is 12.2. The van der Waals surface area contributed by atoms with Crippen LogP contribution in [-0.2, 0) is 9.59 Å². The number of nitrogens with two attached hydrogens (primary N) is 1. The van der Waals surface area contributed by atoms with Crippen LogP contribution in [0.25, 0.3) is 0 Å². The van der Waals surface area contributed by atoms with Crippen molar-refractivity contribution in [2.75, 3.05) is 22.5 Å². The van der Waals surface area contributed by atoms with Crippen molar-refractivity contribution >= 4 is 34.8 Å². The molecule has 0 saturated carbocycles. The highest BCUT2D eigenvalue weighted by atomic mass is 16.2. The van der Waals surface area contributed by atoms with E-state index in [0.717, 1.165) is 19.3 Å². The van der Waals surface area contributed by atoms with Crippen LogP contribution in [0.1, 0.15) is 43.0 Å². The molecule has 2 aromatic carbocycles. The third-order valence-corrected chi connectivity index (χ3v) is 4.04. The topological polar surface area (TPSA) is 113 Å². The van der Waals surface area contributed by atoms with Crippen LogP contribution in [0.2, 0.25) is 0 Å². The van der Waals surface area contributed by atoms with E-state index in [1.54, 1.807) is 48.5 Å². The lowest BCUT2D eigenvalue weighted by molar-refractivity contribution is -0.116. The van der Waals surface area contributed by atoms with Gasteiger partial charge in [-0.2, -0.15) is 0 Å². The number of amides is 3. The Morgan fingerprint density at radius 3 is 2.18 bits per heavy atom. The molecule has 0 aliphatic rings. The molecule has 0 saturated heterocycles. The minimum atomic E-state index is -0.526.